The maximum absolute atomic E-state index is 14.2. The highest BCUT2D eigenvalue weighted by Crippen LogP contribution is 2.36. The van der Waals surface area contributed by atoms with Crippen LogP contribution in [0.15, 0.2) is 91.0 Å². The first kappa shape index (κ1) is 42.9. The summed E-state index contributed by atoms with van der Waals surface area (Å²) >= 11 is 0. The summed E-state index contributed by atoms with van der Waals surface area (Å²) in [5, 5.41) is 11.8. The average Bonchev–Trinajstić information content (AvgIpc) is 3.53. The zero-order valence-corrected chi connectivity index (χ0v) is 33.3. The van der Waals surface area contributed by atoms with Gasteiger partial charge in [0.05, 0.1) is 12.7 Å². The Kier molecular flexibility index (Phi) is 15.6. The van der Waals surface area contributed by atoms with Gasteiger partial charge in [-0.15, -0.1) is 0 Å². The molecule has 3 aromatic rings. The summed E-state index contributed by atoms with van der Waals surface area (Å²) in [6.07, 6.45) is 3.96. The molecule has 1 spiro atoms. The normalized spacial score (nSPS) is 17.0. The molecule has 13 heteroatoms. The van der Waals surface area contributed by atoms with Gasteiger partial charge in [0.15, 0.2) is 0 Å². The molecule has 0 radical (unpaired) electrons. The molecule has 0 saturated carbocycles. The van der Waals surface area contributed by atoms with Gasteiger partial charge in [-0.2, -0.15) is 0 Å². The predicted octanol–water partition coefficient (Wildman–Crippen LogP) is 2.77. The molecule has 0 aromatic heterocycles. The van der Waals surface area contributed by atoms with Crippen molar-refractivity contribution < 1.29 is 24.0 Å². The molecule has 13 nitrogen and oxygen atoms in total. The Bertz CT molecular complexity index is 1770. The third-order valence-electron chi connectivity index (χ3n) is 11.0. The summed E-state index contributed by atoms with van der Waals surface area (Å²) in [5.74, 6) is -1.70. The highest BCUT2D eigenvalue weighted by molar-refractivity contribution is 5.96. The van der Waals surface area contributed by atoms with E-state index in [1.54, 1.807) is 4.90 Å². The molecule has 3 aromatic carbocycles. The lowest BCUT2D eigenvalue weighted by molar-refractivity contribution is -0.140. The Balaban J connectivity index is 1.28. The van der Waals surface area contributed by atoms with E-state index < -0.39 is 47.4 Å². The van der Waals surface area contributed by atoms with E-state index >= 15 is 0 Å². The van der Waals surface area contributed by atoms with E-state index in [9.17, 15) is 24.0 Å². The van der Waals surface area contributed by atoms with Crippen molar-refractivity contribution in [1.82, 2.24) is 26.2 Å². The number of hydrogen-bond donors (Lipinski definition) is 6. The van der Waals surface area contributed by atoms with E-state index in [1.807, 2.05) is 105 Å². The fourth-order valence-corrected chi connectivity index (χ4v) is 7.81. The molecule has 2 aliphatic rings. The fraction of sp³-hybridized carbons (Fsp3) is 0.477. The third kappa shape index (κ3) is 11.6. The highest BCUT2D eigenvalue weighted by Gasteiger charge is 2.51. The van der Waals surface area contributed by atoms with Crippen LogP contribution in [0.25, 0.3) is 0 Å². The van der Waals surface area contributed by atoms with E-state index in [2.05, 4.69) is 26.2 Å². The van der Waals surface area contributed by atoms with Gasteiger partial charge in [-0.05, 0) is 93.5 Å². The van der Waals surface area contributed by atoms with Gasteiger partial charge in [0.1, 0.15) is 23.7 Å². The van der Waals surface area contributed by atoms with Crippen molar-refractivity contribution in [2.24, 2.45) is 17.4 Å². The number of nitrogens with two attached hydrogens (primary N) is 2. The molecule has 57 heavy (non-hydrogen) atoms. The molecule has 0 unspecified atom stereocenters. The molecule has 8 N–H and O–H groups in total. The molecule has 5 amide bonds. The maximum atomic E-state index is 14.2. The van der Waals surface area contributed by atoms with Crippen molar-refractivity contribution in [3.8, 4) is 0 Å². The van der Waals surface area contributed by atoms with E-state index in [0.717, 1.165) is 16.8 Å². The summed E-state index contributed by atoms with van der Waals surface area (Å²) in [7, 11) is 0. The van der Waals surface area contributed by atoms with E-state index in [-0.39, 0.29) is 24.2 Å². The summed E-state index contributed by atoms with van der Waals surface area (Å²) in [4.78, 5) is 72.9. The van der Waals surface area contributed by atoms with Gasteiger partial charge in [-0.3, -0.25) is 24.0 Å². The van der Waals surface area contributed by atoms with Crippen LogP contribution in [0, 0.1) is 5.92 Å². The van der Waals surface area contributed by atoms with Crippen LogP contribution < -0.4 is 37.6 Å². The van der Waals surface area contributed by atoms with E-state index in [1.165, 1.54) is 0 Å². The summed E-state index contributed by atoms with van der Waals surface area (Å²) in [5.41, 5.74) is 14.2. The Hall–Kier alpha value is -5.27. The number of likely N-dealkylation sites (tertiary alicyclic amines) is 1. The van der Waals surface area contributed by atoms with Crippen molar-refractivity contribution >= 4 is 35.2 Å². The number of piperidine rings is 1. The smallest absolute Gasteiger partial charge is 0.247 e. The molecule has 2 fully saturated rings. The SMILES string of the molecule is CC(C)C[C@@H](NC(=O)[C@@H](CCc1ccccc1)NC(=O)[C@H](N)Cc1ccccc1)C(=O)N[C@H](CCCCN)C(=O)N1CCC2(CC1)C(=O)NCN2c1ccccc1. The van der Waals surface area contributed by atoms with Crippen molar-refractivity contribution in [3.63, 3.8) is 0 Å². The molecule has 2 heterocycles. The summed E-state index contributed by atoms with van der Waals surface area (Å²) < 4.78 is 0. The van der Waals surface area contributed by atoms with Gasteiger partial charge in [-0.25, -0.2) is 0 Å². The van der Waals surface area contributed by atoms with Crippen LogP contribution in [-0.2, 0) is 36.8 Å². The van der Waals surface area contributed by atoms with Gasteiger partial charge in [0.2, 0.25) is 29.5 Å². The number of nitrogens with zero attached hydrogens (tertiary/aromatic N) is 2. The van der Waals surface area contributed by atoms with Crippen molar-refractivity contribution in [3.05, 3.63) is 102 Å². The molecule has 0 bridgehead atoms. The van der Waals surface area contributed by atoms with Crippen LogP contribution in [-0.4, -0.2) is 90.4 Å². The van der Waals surface area contributed by atoms with Crippen molar-refractivity contribution in [1.29, 1.82) is 0 Å². The lowest BCUT2D eigenvalue weighted by atomic mass is 9.85. The van der Waals surface area contributed by atoms with Crippen LogP contribution in [0.5, 0.6) is 0 Å². The number of nitrogens with one attached hydrogen (secondary N) is 4. The Morgan fingerprint density at radius 2 is 1.30 bits per heavy atom. The maximum Gasteiger partial charge on any atom is 0.247 e. The number of para-hydroxylation sites is 1. The Morgan fingerprint density at radius 3 is 1.91 bits per heavy atom. The van der Waals surface area contributed by atoms with Gasteiger partial charge in [0, 0.05) is 18.8 Å². The van der Waals surface area contributed by atoms with Crippen molar-refractivity contribution in [2.45, 2.75) is 101 Å². The first-order valence-corrected chi connectivity index (χ1v) is 20.3. The predicted molar refractivity (Wildman–Crippen MR) is 222 cm³/mol. The molecule has 5 rings (SSSR count). The molecular formula is C44H60N8O5. The van der Waals surface area contributed by atoms with Gasteiger partial charge in [0.25, 0.3) is 0 Å². The first-order chi connectivity index (χ1) is 27.5. The standard InChI is InChI=1S/C44H60N8O5/c1-31(2)28-38(50-40(54)36(22-21-32-14-6-3-7-15-32)48-39(53)35(46)29-33-16-8-4-9-17-33)41(55)49-37(20-12-13-25-45)42(56)51-26-23-44(24-27-51)43(57)47-30-52(44)34-18-10-5-11-19-34/h3-11,14-19,31,35-38H,12-13,20-30,45-46H2,1-2H3,(H,47,57)(H,48,53)(H,49,55)(H,50,54)/t35-,36-,37-,38-/m1/s1. The van der Waals surface area contributed by atoms with E-state index in [4.69, 9.17) is 11.5 Å². The number of carbonyl (C=O) groups is 5. The van der Waals surface area contributed by atoms with Crippen LogP contribution in [0.1, 0.15) is 69.9 Å². The zero-order chi connectivity index (χ0) is 40.8. The summed E-state index contributed by atoms with van der Waals surface area (Å²) in [6, 6.07) is 25.2. The van der Waals surface area contributed by atoms with Crippen LogP contribution in [0.2, 0.25) is 0 Å². The average molecular weight is 781 g/mol. The Morgan fingerprint density at radius 1 is 0.737 bits per heavy atom. The van der Waals surface area contributed by atoms with Gasteiger partial charge < -0.3 is 42.5 Å². The largest absolute Gasteiger partial charge is 0.343 e. The second-order valence-corrected chi connectivity index (χ2v) is 15.7. The number of hydrogen-bond acceptors (Lipinski definition) is 8. The third-order valence-corrected chi connectivity index (χ3v) is 11.0. The molecule has 2 saturated heterocycles. The number of amides is 5. The molecule has 306 valence electrons. The van der Waals surface area contributed by atoms with Gasteiger partial charge in [-0.1, -0.05) is 92.7 Å². The number of benzene rings is 3. The summed E-state index contributed by atoms with van der Waals surface area (Å²) in [6.45, 7) is 5.45. The lowest BCUT2D eigenvalue weighted by Gasteiger charge is -2.44. The number of anilines is 1. The monoisotopic (exact) mass is 780 g/mol. The molecule has 2 aliphatic heterocycles. The zero-order valence-electron chi connectivity index (χ0n) is 33.3. The number of rotatable bonds is 19. The topological polar surface area (TPSA) is 192 Å². The quantitative estimate of drug-likeness (QED) is 0.100. The molecular weight excluding hydrogens is 721 g/mol. The van der Waals surface area contributed by atoms with Gasteiger partial charge >= 0.3 is 0 Å². The fourth-order valence-electron chi connectivity index (χ4n) is 7.81. The van der Waals surface area contributed by atoms with Crippen LogP contribution in [0.3, 0.4) is 0 Å². The van der Waals surface area contributed by atoms with Crippen LogP contribution in [0.4, 0.5) is 5.69 Å². The minimum Gasteiger partial charge on any atom is -0.343 e. The lowest BCUT2D eigenvalue weighted by Crippen LogP contribution is -2.61. The number of unbranched alkanes of at least 4 members (excludes halogenated alkanes) is 1. The number of aryl methyl sites for hydroxylation is 1. The van der Waals surface area contributed by atoms with Crippen molar-refractivity contribution in [2.75, 3.05) is 31.2 Å². The minimum absolute atomic E-state index is 0.0208. The van der Waals surface area contributed by atoms with E-state index in [0.29, 0.717) is 77.7 Å². The number of carbonyl (C=O) groups excluding carboxylic acids is 5. The molecule has 0 aliphatic carbocycles. The highest BCUT2D eigenvalue weighted by atomic mass is 16.2. The first-order valence-electron chi connectivity index (χ1n) is 20.3. The molecule has 4 atom stereocenters. The Labute approximate surface area is 336 Å². The van der Waals surface area contributed by atoms with Crippen LogP contribution >= 0.6 is 0 Å². The second-order valence-electron chi connectivity index (χ2n) is 15.7. The second kappa shape index (κ2) is 20.8. The minimum atomic E-state index is -0.970.